The molecule has 0 aliphatic carbocycles. The van der Waals surface area contributed by atoms with Gasteiger partial charge in [-0.3, -0.25) is 9.59 Å². The molecular weight excluding hydrogens is 300 g/mol. The van der Waals surface area contributed by atoms with Gasteiger partial charge in [0, 0.05) is 25.8 Å². The Hall–Kier alpha value is -2.59. The number of fused-ring (bicyclic) bond motifs is 1. The number of nitrogens with zero attached hydrogens (tertiary/aromatic N) is 2. The molecular formula is C16H18N2O5. The van der Waals surface area contributed by atoms with E-state index < -0.39 is 23.2 Å². The quantitative estimate of drug-likeness (QED) is 0.618. The number of nitriles is 1. The molecule has 0 saturated heterocycles. The van der Waals surface area contributed by atoms with Crippen LogP contribution >= 0.6 is 0 Å². The summed E-state index contributed by atoms with van der Waals surface area (Å²) in [6.07, 6.45) is -0.0439. The summed E-state index contributed by atoms with van der Waals surface area (Å²) in [7, 11) is 0. The maximum Gasteiger partial charge on any atom is 0.329 e. The first-order chi connectivity index (χ1) is 10.6. The molecule has 1 N–H and O–H groups in total. The van der Waals surface area contributed by atoms with Gasteiger partial charge in [-0.05, 0) is 32.0 Å². The van der Waals surface area contributed by atoms with Crippen LogP contribution in [0.2, 0.25) is 0 Å². The van der Waals surface area contributed by atoms with E-state index in [1.165, 1.54) is 6.92 Å². The van der Waals surface area contributed by atoms with E-state index in [1.54, 1.807) is 32.0 Å². The minimum atomic E-state index is -1.91. The molecule has 0 aromatic heterocycles. The van der Waals surface area contributed by atoms with Gasteiger partial charge >= 0.3 is 5.97 Å². The van der Waals surface area contributed by atoms with Crippen LogP contribution in [0, 0.1) is 11.3 Å². The van der Waals surface area contributed by atoms with Gasteiger partial charge in [0.05, 0.1) is 11.6 Å². The highest BCUT2D eigenvalue weighted by atomic mass is 16.7. The Kier molecular flexibility index (Phi) is 4.05. The molecule has 0 fully saturated rings. The number of hydroxylamine groups is 2. The van der Waals surface area contributed by atoms with Gasteiger partial charge in [0.2, 0.25) is 5.72 Å². The van der Waals surface area contributed by atoms with E-state index in [0.717, 1.165) is 6.92 Å². The van der Waals surface area contributed by atoms with Gasteiger partial charge in [-0.2, -0.15) is 5.26 Å². The molecule has 0 saturated carbocycles. The highest BCUT2D eigenvalue weighted by Gasteiger charge is 2.56. The molecule has 0 bridgehead atoms. The van der Waals surface area contributed by atoms with Crippen molar-refractivity contribution in [3.05, 3.63) is 29.3 Å². The molecule has 1 aromatic carbocycles. The van der Waals surface area contributed by atoms with Gasteiger partial charge in [0.25, 0.3) is 5.91 Å². The monoisotopic (exact) mass is 318 g/mol. The van der Waals surface area contributed by atoms with Crippen LogP contribution in [0.4, 0.5) is 0 Å². The number of rotatable bonds is 1. The fourth-order valence-electron chi connectivity index (χ4n) is 2.57. The zero-order valence-electron chi connectivity index (χ0n) is 13.4. The molecule has 7 nitrogen and oxygen atoms in total. The van der Waals surface area contributed by atoms with Crippen molar-refractivity contribution in [2.75, 3.05) is 0 Å². The van der Waals surface area contributed by atoms with Gasteiger partial charge in [0.1, 0.15) is 5.75 Å². The molecule has 2 rings (SSSR count). The zero-order chi connectivity index (χ0) is 17.4. The Morgan fingerprint density at radius 1 is 1.39 bits per heavy atom. The average Bonchev–Trinajstić information content (AvgIpc) is 2.44. The maximum atomic E-state index is 11.9. The first kappa shape index (κ1) is 16.8. The molecule has 1 aliphatic rings. The first-order valence-corrected chi connectivity index (χ1v) is 7.04. The second-order valence-electron chi connectivity index (χ2n) is 5.94. The largest absolute Gasteiger partial charge is 0.482 e. The third kappa shape index (κ3) is 2.85. The highest BCUT2D eigenvalue weighted by Crippen LogP contribution is 2.42. The van der Waals surface area contributed by atoms with Crippen LogP contribution in [0.15, 0.2) is 18.2 Å². The summed E-state index contributed by atoms with van der Waals surface area (Å²) in [4.78, 5) is 28.1. The molecule has 1 aliphatic heterocycles. The van der Waals surface area contributed by atoms with Crippen molar-refractivity contribution in [2.24, 2.45) is 0 Å². The second-order valence-corrected chi connectivity index (χ2v) is 5.94. The van der Waals surface area contributed by atoms with E-state index in [1.807, 2.05) is 6.07 Å². The minimum absolute atomic E-state index is 0.0439. The lowest BCUT2D eigenvalue weighted by Gasteiger charge is -2.49. The number of carbonyl (C=O) groups excluding carboxylic acids is 2. The number of ether oxygens (including phenoxy) is 1. The number of hydrogen-bond acceptors (Lipinski definition) is 6. The lowest BCUT2D eigenvalue weighted by atomic mass is 9.84. The Morgan fingerprint density at radius 3 is 2.57 bits per heavy atom. The van der Waals surface area contributed by atoms with Gasteiger partial charge in [-0.15, -0.1) is 5.06 Å². The molecule has 1 heterocycles. The van der Waals surface area contributed by atoms with Crippen LogP contribution < -0.4 is 4.74 Å². The summed E-state index contributed by atoms with van der Waals surface area (Å²) in [5.41, 5.74) is -2.21. The predicted molar refractivity (Wildman–Crippen MR) is 78.8 cm³/mol. The predicted octanol–water partition coefficient (Wildman–Crippen LogP) is 1.29. The van der Waals surface area contributed by atoms with Gasteiger partial charge in [-0.25, -0.2) is 0 Å². The SMILES string of the molecule is CC(=O)ON(C(C)=O)C1(O)Cc2cc(C#N)ccc2OC1(C)C. The van der Waals surface area contributed by atoms with E-state index in [9.17, 15) is 14.7 Å². The third-order valence-corrected chi connectivity index (χ3v) is 3.80. The number of carbonyl (C=O) groups is 2. The number of hydrogen-bond donors (Lipinski definition) is 1. The molecule has 23 heavy (non-hydrogen) atoms. The summed E-state index contributed by atoms with van der Waals surface area (Å²) in [6.45, 7) is 5.50. The van der Waals surface area contributed by atoms with Crippen molar-refractivity contribution in [3.8, 4) is 11.8 Å². The van der Waals surface area contributed by atoms with Crippen molar-refractivity contribution in [3.63, 3.8) is 0 Å². The Bertz CT molecular complexity index is 707. The fourth-order valence-corrected chi connectivity index (χ4v) is 2.57. The molecule has 1 amide bonds. The smallest absolute Gasteiger partial charge is 0.329 e. The van der Waals surface area contributed by atoms with Crippen molar-refractivity contribution >= 4 is 11.9 Å². The second kappa shape index (κ2) is 5.56. The summed E-state index contributed by atoms with van der Waals surface area (Å²) in [5, 5.41) is 20.7. The van der Waals surface area contributed by atoms with E-state index in [-0.39, 0.29) is 6.42 Å². The van der Waals surface area contributed by atoms with Crippen molar-refractivity contribution in [2.45, 2.75) is 45.4 Å². The summed E-state index contributed by atoms with van der Waals surface area (Å²) < 4.78 is 5.80. The van der Waals surface area contributed by atoms with E-state index in [0.29, 0.717) is 21.9 Å². The summed E-state index contributed by atoms with van der Waals surface area (Å²) >= 11 is 0. The molecule has 7 heteroatoms. The van der Waals surface area contributed by atoms with Crippen LogP contribution in [-0.4, -0.2) is 33.4 Å². The van der Waals surface area contributed by atoms with Crippen LogP contribution in [-0.2, 0) is 20.8 Å². The lowest BCUT2D eigenvalue weighted by Crippen LogP contribution is -2.68. The van der Waals surface area contributed by atoms with Gasteiger partial charge in [-0.1, -0.05) is 0 Å². The average molecular weight is 318 g/mol. The number of aliphatic hydroxyl groups is 1. The van der Waals surface area contributed by atoms with Crippen molar-refractivity contribution in [1.82, 2.24) is 5.06 Å². The standard InChI is InChI=1S/C16H18N2O5/c1-10(19)18(23-11(2)20)16(21)8-13-7-12(9-17)5-6-14(13)22-15(16,3)4/h5-7,21H,8H2,1-4H3. The Morgan fingerprint density at radius 2 is 2.04 bits per heavy atom. The first-order valence-electron chi connectivity index (χ1n) is 7.04. The number of benzene rings is 1. The highest BCUT2D eigenvalue weighted by molar-refractivity contribution is 5.76. The number of amides is 1. The molecule has 1 aromatic rings. The topological polar surface area (TPSA) is 99.9 Å². The van der Waals surface area contributed by atoms with Crippen LogP contribution in [0.1, 0.15) is 38.8 Å². The van der Waals surface area contributed by atoms with Crippen molar-refractivity contribution < 1.29 is 24.3 Å². The molecule has 0 spiro atoms. The van der Waals surface area contributed by atoms with E-state index in [2.05, 4.69) is 0 Å². The lowest BCUT2D eigenvalue weighted by molar-refractivity contribution is -0.308. The normalized spacial score (nSPS) is 21.4. The third-order valence-electron chi connectivity index (χ3n) is 3.80. The van der Waals surface area contributed by atoms with E-state index >= 15 is 0 Å². The van der Waals surface area contributed by atoms with Crippen LogP contribution in [0.5, 0.6) is 5.75 Å². The van der Waals surface area contributed by atoms with Gasteiger partial charge < -0.3 is 14.7 Å². The fraction of sp³-hybridized carbons (Fsp3) is 0.438. The van der Waals surface area contributed by atoms with E-state index in [4.69, 9.17) is 14.8 Å². The molecule has 0 radical (unpaired) electrons. The van der Waals surface area contributed by atoms with Crippen LogP contribution in [0.3, 0.4) is 0 Å². The van der Waals surface area contributed by atoms with Crippen LogP contribution in [0.25, 0.3) is 0 Å². The Balaban J connectivity index is 2.53. The van der Waals surface area contributed by atoms with Gasteiger partial charge in [0.15, 0.2) is 5.60 Å². The summed E-state index contributed by atoms with van der Waals surface area (Å²) in [5.74, 6) is -0.870. The maximum absolute atomic E-state index is 11.9. The zero-order valence-corrected chi connectivity index (χ0v) is 13.4. The molecule has 122 valence electrons. The Labute approximate surface area is 134 Å². The minimum Gasteiger partial charge on any atom is -0.482 e. The summed E-state index contributed by atoms with van der Waals surface area (Å²) in [6, 6.07) is 6.82. The van der Waals surface area contributed by atoms with Crippen molar-refractivity contribution in [1.29, 1.82) is 5.26 Å². The molecule has 1 atom stereocenters. The molecule has 1 unspecified atom stereocenters.